The molecular weight excluding hydrogens is 384 g/mol. The first kappa shape index (κ1) is 19.5. The molecule has 0 spiro atoms. The lowest BCUT2D eigenvalue weighted by Gasteiger charge is -2.37. The van der Waals surface area contributed by atoms with Crippen LogP contribution in [0.2, 0.25) is 0 Å². The number of nitrogens with zero attached hydrogens (tertiary/aromatic N) is 4. The van der Waals surface area contributed by atoms with Gasteiger partial charge in [0.1, 0.15) is 0 Å². The highest BCUT2D eigenvalue weighted by atomic mass is 32.2. The van der Waals surface area contributed by atoms with Gasteiger partial charge in [-0.25, -0.2) is 0 Å². The van der Waals surface area contributed by atoms with E-state index in [4.69, 9.17) is 4.42 Å². The third-order valence-corrected chi connectivity index (χ3v) is 5.93. The molecule has 1 saturated heterocycles. The zero-order valence-corrected chi connectivity index (χ0v) is 17.4. The molecule has 150 valence electrons. The van der Waals surface area contributed by atoms with E-state index in [0.29, 0.717) is 11.1 Å². The SMILES string of the molecule is Cc1cccc(-c2nnc(S[C@H](C)C(=O)N3CCN(c4ccccc4)CC3)o2)c1. The van der Waals surface area contributed by atoms with Crippen molar-refractivity contribution >= 4 is 23.4 Å². The number of rotatable bonds is 5. The van der Waals surface area contributed by atoms with Crippen LogP contribution in [-0.4, -0.2) is 52.4 Å². The number of benzene rings is 2. The lowest BCUT2D eigenvalue weighted by Crippen LogP contribution is -2.50. The van der Waals surface area contributed by atoms with Crippen LogP contribution < -0.4 is 4.90 Å². The van der Waals surface area contributed by atoms with Crippen LogP contribution in [0, 0.1) is 6.92 Å². The normalized spacial score (nSPS) is 15.4. The van der Waals surface area contributed by atoms with Gasteiger partial charge in [0.25, 0.3) is 5.22 Å². The maximum absolute atomic E-state index is 12.9. The summed E-state index contributed by atoms with van der Waals surface area (Å²) < 4.78 is 5.77. The van der Waals surface area contributed by atoms with Gasteiger partial charge in [0.2, 0.25) is 11.8 Å². The molecule has 2 aromatic carbocycles. The second kappa shape index (κ2) is 8.69. The molecule has 1 aliphatic rings. The topological polar surface area (TPSA) is 62.5 Å². The summed E-state index contributed by atoms with van der Waals surface area (Å²) in [5, 5.41) is 8.38. The molecule has 2 heterocycles. The van der Waals surface area contributed by atoms with Crippen LogP contribution in [0.3, 0.4) is 0 Å². The van der Waals surface area contributed by atoms with Crippen LogP contribution in [0.5, 0.6) is 0 Å². The molecule has 4 rings (SSSR count). The Bertz CT molecular complexity index is 968. The van der Waals surface area contributed by atoms with Crippen molar-refractivity contribution < 1.29 is 9.21 Å². The number of carbonyl (C=O) groups is 1. The number of piperazine rings is 1. The number of para-hydroxylation sites is 1. The Morgan fingerprint density at radius 1 is 1.03 bits per heavy atom. The van der Waals surface area contributed by atoms with E-state index in [1.54, 1.807) is 0 Å². The van der Waals surface area contributed by atoms with E-state index < -0.39 is 0 Å². The molecule has 1 fully saturated rings. The largest absolute Gasteiger partial charge is 0.411 e. The molecular formula is C22H24N4O2S. The molecule has 1 aromatic heterocycles. The van der Waals surface area contributed by atoms with E-state index in [-0.39, 0.29) is 11.2 Å². The highest BCUT2D eigenvalue weighted by Gasteiger charge is 2.27. The Labute approximate surface area is 174 Å². The molecule has 6 nitrogen and oxygen atoms in total. The van der Waals surface area contributed by atoms with Crippen LogP contribution in [0.4, 0.5) is 5.69 Å². The summed E-state index contributed by atoms with van der Waals surface area (Å²) in [6, 6.07) is 18.2. The van der Waals surface area contributed by atoms with Crippen molar-refractivity contribution in [3.8, 4) is 11.5 Å². The summed E-state index contributed by atoms with van der Waals surface area (Å²) in [6.45, 7) is 7.03. The molecule has 7 heteroatoms. The zero-order valence-electron chi connectivity index (χ0n) is 16.6. The molecule has 1 amide bonds. The Morgan fingerprint density at radius 2 is 1.79 bits per heavy atom. The fourth-order valence-corrected chi connectivity index (χ4v) is 4.20. The van der Waals surface area contributed by atoms with Gasteiger partial charge in [-0.15, -0.1) is 10.2 Å². The standard InChI is InChI=1S/C22H24N4O2S/c1-16-7-6-8-18(15-16)20-23-24-22(28-20)29-17(2)21(27)26-13-11-25(12-14-26)19-9-4-3-5-10-19/h3-10,15,17H,11-14H2,1-2H3/t17-/m1/s1. The van der Waals surface area contributed by atoms with Crippen molar-refractivity contribution in [2.75, 3.05) is 31.1 Å². The number of carbonyl (C=O) groups excluding carboxylic acids is 1. The fraction of sp³-hybridized carbons (Fsp3) is 0.318. The van der Waals surface area contributed by atoms with Gasteiger partial charge < -0.3 is 14.2 Å². The van der Waals surface area contributed by atoms with Gasteiger partial charge in [0, 0.05) is 37.4 Å². The minimum atomic E-state index is -0.274. The van der Waals surface area contributed by atoms with Crippen LogP contribution in [0.15, 0.2) is 64.2 Å². The van der Waals surface area contributed by atoms with Gasteiger partial charge in [-0.3, -0.25) is 4.79 Å². The number of hydrogen-bond acceptors (Lipinski definition) is 6. The molecule has 29 heavy (non-hydrogen) atoms. The molecule has 3 aromatic rings. The predicted octanol–water partition coefficient (Wildman–Crippen LogP) is 3.87. The van der Waals surface area contributed by atoms with Crippen LogP contribution in [0.1, 0.15) is 12.5 Å². The zero-order chi connectivity index (χ0) is 20.2. The maximum Gasteiger partial charge on any atom is 0.277 e. The second-order valence-electron chi connectivity index (χ2n) is 7.15. The number of thioether (sulfide) groups is 1. The van der Waals surface area contributed by atoms with E-state index >= 15 is 0 Å². The Morgan fingerprint density at radius 3 is 2.52 bits per heavy atom. The predicted molar refractivity (Wildman–Crippen MR) is 115 cm³/mol. The van der Waals surface area contributed by atoms with E-state index in [9.17, 15) is 4.79 Å². The Kier molecular flexibility index (Phi) is 5.85. The summed E-state index contributed by atoms with van der Waals surface area (Å²) >= 11 is 1.32. The molecule has 1 atom stereocenters. The highest BCUT2D eigenvalue weighted by Crippen LogP contribution is 2.27. The van der Waals surface area contributed by atoms with Crippen molar-refractivity contribution in [2.24, 2.45) is 0 Å². The van der Waals surface area contributed by atoms with Crippen molar-refractivity contribution in [1.29, 1.82) is 0 Å². The number of aryl methyl sites for hydroxylation is 1. The van der Waals surface area contributed by atoms with Crippen LogP contribution in [-0.2, 0) is 4.79 Å². The van der Waals surface area contributed by atoms with Gasteiger partial charge >= 0.3 is 0 Å². The summed E-state index contributed by atoms with van der Waals surface area (Å²) in [4.78, 5) is 17.1. The third kappa shape index (κ3) is 4.62. The molecule has 0 aliphatic carbocycles. The van der Waals surface area contributed by atoms with Gasteiger partial charge in [0.05, 0.1) is 5.25 Å². The van der Waals surface area contributed by atoms with Crippen molar-refractivity contribution in [3.05, 3.63) is 60.2 Å². The van der Waals surface area contributed by atoms with Gasteiger partial charge in [-0.1, -0.05) is 47.7 Å². The second-order valence-corrected chi connectivity index (χ2v) is 8.44. The van der Waals surface area contributed by atoms with Crippen molar-refractivity contribution in [3.63, 3.8) is 0 Å². The van der Waals surface area contributed by atoms with Crippen molar-refractivity contribution in [1.82, 2.24) is 15.1 Å². The first-order chi connectivity index (χ1) is 14.1. The highest BCUT2D eigenvalue weighted by molar-refractivity contribution is 8.00. The maximum atomic E-state index is 12.9. The Balaban J connectivity index is 1.33. The van der Waals surface area contributed by atoms with Crippen LogP contribution >= 0.6 is 11.8 Å². The summed E-state index contributed by atoms with van der Waals surface area (Å²) in [7, 11) is 0. The summed E-state index contributed by atoms with van der Waals surface area (Å²) in [5.41, 5.74) is 3.23. The lowest BCUT2D eigenvalue weighted by atomic mass is 10.1. The molecule has 1 aliphatic heterocycles. The van der Waals surface area contributed by atoms with Gasteiger partial charge in [0.15, 0.2) is 0 Å². The molecule has 0 unspecified atom stereocenters. The number of aromatic nitrogens is 2. The van der Waals surface area contributed by atoms with Gasteiger partial charge in [-0.2, -0.15) is 0 Å². The molecule has 0 saturated carbocycles. The van der Waals surface area contributed by atoms with E-state index in [0.717, 1.165) is 37.3 Å². The smallest absolute Gasteiger partial charge is 0.277 e. The average molecular weight is 409 g/mol. The summed E-state index contributed by atoms with van der Waals surface area (Å²) in [6.07, 6.45) is 0. The Hall–Kier alpha value is -2.80. The number of anilines is 1. The third-order valence-electron chi connectivity index (χ3n) is 5.01. The van der Waals surface area contributed by atoms with E-state index in [2.05, 4.69) is 27.2 Å². The summed E-state index contributed by atoms with van der Waals surface area (Å²) in [5.74, 6) is 0.588. The fourth-order valence-electron chi connectivity index (χ4n) is 3.43. The van der Waals surface area contributed by atoms with Crippen molar-refractivity contribution in [2.45, 2.75) is 24.3 Å². The lowest BCUT2D eigenvalue weighted by molar-refractivity contribution is -0.130. The first-order valence-corrected chi connectivity index (χ1v) is 10.6. The minimum absolute atomic E-state index is 0.109. The molecule has 0 N–H and O–H groups in total. The molecule has 0 radical (unpaired) electrons. The minimum Gasteiger partial charge on any atom is -0.411 e. The average Bonchev–Trinajstić information content (AvgIpc) is 3.22. The first-order valence-electron chi connectivity index (χ1n) is 9.76. The monoisotopic (exact) mass is 408 g/mol. The van der Waals surface area contributed by atoms with Gasteiger partial charge in [-0.05, 0) is 38.1 Å². The number of hydrogen-bond donors (Lipinski definition) is 0. The van der Waals surface area contributed by atoms with E-state index in [1.165, 1.54) is 17.4 Å². The molecule has 0 bridgehead atoms. The van der Waals surface area contributed by atoms with E-state index in [1.807, 2.05) is 61.2 Å². The quantitative estimate of drug-likeness (QED) is 0.597. The van der Waals surface area contributed by atoms with Crippen LogP contribution in [0.25, 0.3) is 11.5 Å². The number of amides is 1.